The molecule has 0 saturated carbocycles. The molecule has 2 nitrogen and oxygen atoms in total. The molecule has 0 aliphatic carbocycles. The Hall–Kier alpha value is -0.930. The molecule has 1 aromatic rings. The number of nitrogens with one attached hydrogen (secondary N) is 1. The first-order valence-corrected chi connectivity index (χ1v) is 6.73. The van der Waals surface area contributed by atoms with Crippen LogP contribution in [0.5, 0.6) is 0 Å². The fraction of sp³-hybridized carbons (Fsp3) is 0.600. The van der Waals surface area contributed by atoms with Gasteiger partial charge in [0.15, 0.2) is 0 Å². The number of aryl methyl sites for hydroxylation is 1. The molecule has 0 spiro atoms. The highest BCUT2D eigenvalue weighted by Crippen LogP contribution is 2.28. The van der Waals surface area contributed by atoms with E-state index in [1.54, 1.807) is 13.0 Å². The lowest BCUT2D eigenvalue weighted by Gasteiger charge is -2.40. The van der Waals surface area contributed by atoms with E-state index in [2.05, 4.69) is 19.2 Å². The van der Waals surface area contributed by atoms with Crippen LogP contribution in [-0.2, 0) is 4.74 Å². The summed E-state index contributed by atoms with van der Waals surface area (Å²) in [5, 5.41) is 3.57. The van der Waals surface area contributed by atoms with Crippen molar-refractivity contribution < 1.29 is 9.13 Å². The molecule has 1 heterocycles. The molecular weight excluding hydrogens is 229 g/mol. The molecule has 2 rings (SSSR count). The topological polar surface area (TPSA) is 21.3 Å². The van der Waals surface area contributed by atoms with E-state index in [0.717, 1.165) is 24.9 Å². The first kappa shape index (κ1) is 13.5. The second-order valence-corrected chi connectivity index (χ2v) is 5.18. The summed E-state index contributed by atoms with van der Waals surface area (Å²) in [6, 6.07) is 5.36. The number of benzene rings is 1. The van der Waals surface area contributed by atoms with Gasteiger partial charge in [0.1, 0.15) is 5.82 Å². The molecule has 100 valence electrons. The Morgan fingerprint density at radius 3 is 2.61 bits per heavy atom. The number of ether oxygens (including phenoxy) is 1. The summed E-state index contributed by atoms with van der Waals surface area (Å²) in [4.78, 5) is 0. The molecule has 1 aromatic carbocycles. The van der Waals surface area contributed by atoms with Crippen molar-refractivity contribution in [2.75, 3.05) is 13.2 Å². The maximum absolute atomic E-state index is 13.5. The second-order valence-electron chi connectivity index (χ2n) is 5.18. The lowest BCUT2D eigenvalue weighted by Crippen LogP contribution is -2.54. The zero-order chi connectivity index (χ0) is 13.2. The summed E-state index contributed by atoms with van der Waals surface area (Å²) in [7, 11) is 0. The van der Waals surface area contributed by atoms with Crippen LogP contribution in [0.15, 0.2) is 18.2 Å². The Bertz CT molecular complexity index is 405. The van der Waals surface area contributed by atoms with E-state index in [4.69, 9.17) is 4.74 Å². The zero-order valence-electron chi connectivity index (χ0n) is 11.4. The van der Waals surface area contributed by atoms with Crippen molar-refractivity contribution in [3.05, 3.63) is 35.1 Å². The number of rotatable bonds is 3. The van der Waals surface area contributed by atoms with Gasteiger partial charge in [0.05, 0.1) is 12.7 Å². The largest absolute Gasteiger partial charge is 0.370 e. The third kappa shape index (κ3) is 2.57. The van der Waals surface area contributed by atoms with Crippen LogP contribution in [0, 0.1) is 12.7 Å². The summed E-state index contributed by atoms with van der Waals surface area (Å²) < 4.78 is 19.5. The molecule has 3 heteroatoms. The van der Waals surface area contributed by atoms with Gasteiger partial charge >= 0.3 is 0 Å². The zero-order valence-corrected chi connectivity index (χ0v) is 11.4. The predicted molar refractivity (Wildman–Crippen MR) is 71.1 cm³/mol. The quantitative estimate of drug-likeness (QED) is 0.889. The van der Waals surface area contributed by atoms with Crippen molar-refractivity contribution in [2.24, 2.45) is 0 Å². The van der Waals surface area contributed by atoms with Gasteiger partial charge in [-0.1, -0.05) is 26.0 Å². The third-order valence-corrected chi connectivity index (χ3v) is 4.14. The molecule has 1 aliphatic heterocycles. The summed E-state index contributed by atoms with van der Waals surface area (Å²) in [5.41, 5.74) is 1.70. The van der Waals surface area contributed by atoms with E-state index in [9.17, 15) is 4.39 Å². The van der Waals surface area contributed by atoms with Crippen molar-refractivity contribution in [1.29, 1.82) is 0 Å². The van der Waals surface area contributed by atoms with Gasteiger partial charge in [-0.15, -0.1) is 0 Å². The van der Waals surface area contributed by atoms with Gasteiger partial charge in [0.2, 0.25) is 0 Å². The smallest absolute Gasteiger partial charge is 0.126 e. The molecule has 1 N–H and O–H groups in total. The van der Waals surface area contributed by atoms with Gasteiger partial charge in [-0.3, -0.25) is 0 Å². The van der Waals surface area contributed by atoms with Gasteiger partial charge in [-0.2, -0.15) is 0 Å². The molecule has 1 saturated heterocycles. The fourth-order valence-corrected chi connectivity index (χ4v) is 2.41. The highest BCUT2D eigenvalue weighted by Gasteiger charge is 2.33. The van der Waals surface area contributed by atoms with E-state index in [-0.39, 0.29) is 17.5 Å². The fourth-order valence-electron chi connectivity index (χ4n) is 2.41. The van der Waals surface area contributed by atoms with Crippen molar-refractivity contribution in [3.8, 4) is 0 Å². The number of halogens is 1. The lowest BCUT2D eigenvalue weighted by atomic mass is 9.91. The van der Waals surface area contributed by atoms with Gasteiger partial charge < -0.3 is 10.1 Å². The van der Waals surface area contributed by atoms with Crippen molar-refractivity contribution >= 4 is 0 Å². The molecule has 1 fully saturated rings. The Morgan fingerprint density at radius 1 is 1.39 bits per heavy atom. The van der Waals surface area contributed by atoms with Gasteiger partial charge in [0.25, 0.3) is 0 Å². The maximum atomic E-state index is 13.5. The Kier molecular flexibility index (Phi) is 4.03. The van der Waals surface area contributed by atoms with E-state index in [1.807, 2.05) is 12.1 Å². The van der Waals surface area contributed by atoms with E-state index >= 15 is 0 Å². The van der Waals surface area contributed by atoms with E-state index in [1.165, 1.54) is 0 Å². The molecule has 0 aromatic heterocycles. The minimum Gasteiger partial charge on any atom is -0.370 e. The Morgan fingerprint density at radius 2 is 2.11 bits per heavy atom. The Labute approximate surface area is 109 Å². The van der Waals surface area contributed by atoms with Crippen LogP contribution in [-0.4, -0.2) is 18.7 Å². The standard InChI is InChI=1S/C15H22FNO/c1-4-15(5-2)10-18-14(9-17-15)12-7-6-11(3)13(16)8-12/h6-8,14,17H,4-5,9-10H2,1-3H3. The average Bonchev–Trinajstić information content (AvgIpc) is 2.42. The first-order valence-electron chi connectivity index (χ1n) is 6.73. The second kappa shape index (κ2) is 5.37. The van der Waals surface area contributed by atoms with Crippen LogP contribution >= 0.6 is 0 Å². The average molecular weight is 251 g/mol. The normalized spacial score (nSPS) is 23.0. The van der Waals surface area contributed by atoms with Crippen LogP contribution in [0.25, 0.3) is 0 Å². The molecule has 0 bridgehead atoms. The molecule has 1 unspecified atom stereocenters. The lowest BCUT2D eigenvalue weighted by molar-refractivity contribution is -0.0375. The van der Waals surface area contributed by atoms with Crippen molar-refractivity contribution in [1.82, 2.24) is 5.32 Å². The number of hydrogen-bond acceptors (Lipinski definition) is 2. The van der Waals surface area contributed by atoms with Gasteiger partial charge in [-0.25, -0.2) is 4.39 Å². The molecule has 0 amide bonds. The summed E-state index contributed by atoms with van der Waals surface area (Å²) in [6.45, 7) is 7.57. The highest BCUT2D eigenvalue weighted by atomic mass is 19.1. The van der Waals surface area contributed by atoms with Crippen LogP contribution in [0.3, 0.4) is 0 Å². The highest BCUT2D eigenvalue weighted by molar-refractivity contribution is 5.25. The number of morpholine rings is 1. The summed E-state index contributed by atoms with van der Waals surface area (Å²) in [6.07, 6.45) is 2.07. The predicted octanol–water partition coefficient (Wildman–Crippen LogP) is 3.35. The molecule has 1 aliphatic rings. The van der Waals surface area contributed by atoms with Crippen molar-refractivity contribution in [2.45, 2.75) is 45.3 Å². The SMILES string of the molecule is CCC1(CC)COC(c2ccc(C)c(F)c2)CN1. The molecule has 18 heavy (non-hydrogen) atoms. The van der Waals surface area contributed by atoms with Gasteiger partial charge in [-0.05, 0) is 37.0 Å². The third-order valence-electron chi connectivity index (χ3n) is 4.14. The van der Waals surface area contributed by atoms with E-state index in [0.29, 0.717) is 12.2 Å². The molecule has 0 radical (unpaired) electrons. The van der Waals surface area contributed by atoms with Crippen LogP contribution in [0.2, 0.25) is 0 Å². The maximum Gasteiger partial charge on any atom is 0.126 e. The minimum atomic E-state index is -0.154. The summed E-state index contributed by atoms with van der Waals surface area (Å²) in [5.74, 6) is -0.154. The monoisotopic (exact) mass is 251 g/mol. The first-order chi connectivity index (χ1) is 8.60. The van der Waals surface area contributed by atoms with Crippen LogP contribution in [0.1, 0.15) is 43.9 Å². The Balaban J connectivity index is 2.07. The van der Waals surface area contributed by atoms with Gasteiger partial charge in [0, 0.05) is 12.1 Å². The minimum absolute atomic E-state index is 0.0358. The van der Waals surface area contributed by atoms with Crippen LogP contribution in [0.4, 0.5) is 4.39 Å². The molecular formula is C15H22FNO. The molecule has 1 atom stereocenters. The number of hydrogen-bond donors (Lipinski definition) is 1. The van der Waals surface area contributed by atoms with E-state index < -0.39 is 0 Å². The van der Waals surface area contributed by atoms with Crippen molar-refractivity contribution in [3.63, 3.8) is 0 Å². The summed E-state index contributed by atoms with van der Waals surface area (Å²) >= 11 is 0. The van der Waals surface area contributed by atoms with Crippen LogP contribution < -0.4 is 5.32 Å².